The van der Waals surface area contributed by atoms with E-state index < -0.39 is 0 Å². The monoisotopic (exact) mass is 276 g/mol. The van der Waals surface area contributed by atoms with Crippen LogP contribution < -0.4 is 10.3 Å². The molecule has 0 saturated heterocycles. The first-order valence-corrected chi connectivity index (χ1v) is 6.70. The van der Waals surface area contributed by atoms with E-state index in [1.807, 2.05) is 31.2 Å². The van der Waals surface area contributed by atoms with Crippen LogP contribution in [-0.2, 0) is 12.8 Å². The van der Waals surface area contributed by atoms with Gasteiger partial charge in [0.15, 0.2) is 0 Å². The van der Waals surface area contributed by atoms with Crippen LogP contribution in [0.4, 0.5) is 0 Å². The van der Waals surface area contributed by atoms with Crippen LogP contribution in [0, 0.1) is 0 Å². The highest BCUT2D eigenvalue weighted by Crippen LogP contribution is 2.22. The third kappa shape index (κ3) is 2.98. The Morgan fingerprint density at radius 1 is 1.37 bits per heavy atom. The van der Waals surface area contributed by atoms with E-state index in [0.29, 0.717) is 17.9 Å². The first-order valence-electron chi connectivity index (χ1n) is 6.07. The van der Waals surface area contributed by atoms with E-state index in [4.69, 9.17) is 4.74 Å². The fourth-order valence-corrected chi connectivity index (χ4v) is 2.06. The van der Waals surface area contributed by atoms with Crippen LogP contribution >= 0.6 is 12.6 Å². The highest BCUT2D eigenvalue weighted by Gasteiger charge is 2.07. The SMILES string of the molecule is CCOc1cccc(-c2cc(CS)c(=O)n(C)n2)c1. The van der Waals surface area contributed by atoms with Gasteiger partial charge in [0.1, 0.15) is 5.75 Å². The summed E-state index contributed by atoms with van der Waals surface area (Å²) in [5.41, 5.74) is 2.19. The van der Waals surface area contributed by atoms with Crippen LogP contribution in [-0.4, -0.2) is 16.4 Å². The fourth-order valence-electron chi connectivity index (χ4n) is 1.84. The molecular formula is C14H16N2O2S. The fraction of sp³-hybridized carbons (Fsp3) is 0.286. The van der Waals surface area contributed by atoms with Crippen molar-refractivity contribution in [2.24, 2.45) is 7.05 Å². The summed E-state index contributed by atoms with van der Waals surface area (Å²) in [5.74, 6) is 1.19. The predicted molar refractivity (Wildman–Crippen MR) is 78.8 cm³/mol. The topological polar surface area (TPSA) is 44.1 Å². The van der Waals surface area contributed by atoms with E-state index in [0.717, 1.165) is 17.0 Å². The van der Waals surface area contributed by atoms with E-state index in [-0.39, 0.29) is 5.56 Å². The Kier molecular flexibility index (Phi) is 4.27. The lowest BCUT2D eigenvalue weighted by Gasteiger charge is -2.08. The molecule has 1 heterocycles. The molecule has 5 heteroatoms. The van der Waals surface area contributed by atoms with Crippen molar-refractivity contribution >= 4 is 12.6 Å². The second-order valence-corrected chi connectivity index (χ2v) is 4.42. The number of nitrogens with zero attached hydrogens (tertiary/aromatic N) is 2. The number of aromatic nitrogens is 2. The minimum Gasteiger partial charge on any atom is -0.494 e. The van der Waals surface area contributed by atoms with Crippen LogP contribution in [0.3, 0.4) is 0 Å². The third-order valence-corrected chi connectivity index (χ3v) is 3.09. The van der Waals surface area contributed by atoms with E-state index >= 15 is 0 Å². The molecule has 0 atom stereocenters. The van der Waals surface area contributed by atoms with Crippen molar-refractivity contribution in [3.8, 4) is 17.0 Å². The molecule has 0 bridgehead atoms. The van der Waals surface area contributed by atoms with Gasteiger partial charge < -0.3 is 4.74 Å². The lowest BCUT2D eigenvalue weighted by molar-refractivity contribution is 0.340. The Labute approximate surface area is 117 Å². The zero-order chi connectivity index (χ0) is 13.8. The number of rotatable bonds is 4. The number of thiol groups is 1. The van der Waals surface area contributed by atoms with Crippen molar-refractivity contribution in [1.82, 2.24) is 9.78 Å². The first-order chi connectivity index (χ1) is 9.15. The Bertz CT molecular complexity index is 638. The molecule has 0 saturated carbocycles. The van der Waals surface area contributed by atoms with Gasteiger partial charge in [-0.15, -0.1) is 0 Å². The van der Waals surface area contributed by atoms with Crippen molar-refractivity contribution in [3.63, 3.8) is 0 Å². The first kappa shape index (κ1) is 13.7. The van der Waals surface area contributed by atoms with Gasteiger partial charge in [-0.3, -0.25) is 4.79 Å². The summed E-state index contributed by atoms with van der Waals surface area (Å²) in [7, 11) is 1.64. The molecule has 0 unspecified atom stereocenters. The van der Waals surface area contributed by atoms with Crippen molar-refractivity contribution in [3.05, 3.63) is 46.2 Å². The second-order valence-electron chi connectivity index (χ2n) is 4.10. The largest absolute Gasteiger partial charge is 0.494 e. The van der Waals surface area contributed by atoms with E-state index in [2.05, 4.69) is 17.7 Å². The number of hydrogen-bond donors (Lipinski definition) is 1. The molecule has 0 aliphatic rings. The zero-order valence-corrected chi connectivity index (χ0v) is 11.9. The Balaban J connectivity index is 2.49. The Hall–Kier alpha value is -1.75. The van der Waals surface area contributed by atoms with Gasteiger partial charge in [0.05, 0.1) is 12.3 Å². The summed E-state index contributed by atoms with van der Waals surface area (Å²) >= 11 is 4.17. The molecule has 0 fully saturated rings. The molecule has 19 heavy (non-hydrogen) atoms. The molecule has 0 spiro atoms. The summed E-state index contributed by atoms with van der Waals surface area (Å²) in [5, 5.41) is 4.27. The quantitative estimate of drug-likeness (QED) is 0.871. The maximum atomic E-state index is 11.8. The smallest absolute Gasteiger partial charge is 0.270 e. The van der Waals surface area contributed by atoms with Crippen molar-refractivity contribution < 1.29 is 4.74 Å². The van der Waals surface area contributed by atoms with Gasteiger partial charge in [-0.05, 0) is 25.1 Å². The van der Waals surface area contributed by atoms with Crippen molar-refractivity contribution in [1.29, 1.82) is 0 Å². The molecule has 0 aliphatic carbocycles. The number of ether oxygens (including phenoxy) is 1. The minimum absolute atomic E-state index is 0.111. The summed E-state index contributed by atoms with van der Waals surface area (Å²) in [6.07, 6.45) is 0. The molecule has 4 nitrogen and oxygen atoms in total. The molecule has 0 amide bonds. The lowest BCUT2D eigenvalue weighted by atomic mass is 10.1. The standard InChI is InChI=1S/C14H16N2O2S/c1-3-18-12-6-4-5-10(7-12)13-8-11(9-19)14(17)16(2)15-13/h4-8,19H,3,9H2,1-2H3. The number of aryl methyl sites for hydroxylation is 1. The lowest BCUT2D eigenvalue weighted by Crippen LogP contribution is -2.23. The predicted octanol–water partition coefficient (Wildman–Crippen LogP) is 2.28. The van der Waals surface area contributed by atoms with Crippen LogP contribution in [0.25, 0.3) is 11.3 Å². The molecule has 100 valence electrons. The molecule has 1 aromatic heterocycles. The van der Waals surface area contributed by atoms with Gasteiger partial charge >= 0.3 is 0 Å². The van der Waals surface area contributed by atoms with Crippen LogP contribution in [0.2, 0.25) is 0 Å². The number of benzene rings is 1. The number of hydrogen-bond acceptors (Lipinski definition) is 4. The molecular weight excluding hydrogens is 260 g/mol. The average molecular weight is 276 g/mol. The summed E-state index contributed by atoms with van der Waals surface area (Å²) in [4.78, 5) is 11.8. The maximum absolute atomic E-state index is 11.8. The summed E-state index contributed by atoms with van der Waals surface area (Å²) < 4.78 is 6.81. The van der Waals surface area contributed by atoms with Gasteiger partial charge in [-0.2, -0.15) is 17.7 Å². The molecule has 0 aliphatic heterocycles. The summed E-state index contributed by atoms with van der Waals surface area (Å²) in [6, 6.07) is 9.44. The highest BCUT2D eigenvalue weighted by molar-refractivity contribution is 7.79. The minimum atomic E-state index is -0.111. The van der Waals surface area contributed by atoms with Crippen molar-refractivity contribution in [2.45, 2.75) is 12.7 Å². The van der Waals surface area contributed by atoms with Crippen LogP contribution in [0.1, 0.15) is 12.5 Å². The van der Waals surface area contributed by atoms with E-state index in [9.17, 15) is 4.79 Å². The highest BCUT2D eigenvalue weighted by atomic mass is 32.1. The summed E-state index contributed by atoms with van der Waals surface area (Å²) in [6.45, 7) is 2.56. The van der Waals surface area contributed by atoms with Crippen LogP contribution in [0.15, 0.2) is 35.1 Å². The maximum Gasteiger partial charge on any atom is 0.270 e. The van der Waals surface area contributed by atoms with Gasteiger partial charge in [0, 0.05) is 23.9 Å². The van der Waals surface area contributed by atoms with Crippen LogP contribution in [0.5, 0.6) is 5.75 Å². The molecule has 0 radical (unpaired) electrons. The van der Waals surface area contributed by atoms with Crippen molar-refractivity contribution in [2.75, 3.05) is 6.61 Å². The molecule has 0 N–H and O–H groups in total. The Morgan fingerprint density at radius 2 is 2.16 bits per heavy atom. The average Bonchev–Trinajstić information content (AvgIpc) is 2.42. The normalized spacial score (nSPS) is 10.5. The van der Waals surface area contributed by atoms with E-state index in [1.54, 1.807) is 13.1 Å². The van der Waals surface area contributed by atoms with Gasteiger partial charge in [-0.25, -0.2) is 4.68 Å². The van der Waals surface area contributed by atoms with Gasteiger partial charge in [0.25, 0.3) is 5.56 Å². The van der Waals surface area contributed by atoms with E-state index in [1.165, 1.54) is 4.68 Å². The van der Waals surface area contributed by atoms with Gasteiger partial charge in [-0.1, -0.05) is 12.1 Å². The second kappa shape index (κ2) is 5.93. The zero-order valence-electron chi connectivity index (χ0n) is 11.0. The third-order valence-electron chi connectivity index (χ3n) is 2.75. The van der Waals surface area contributed by atoms with Gasteiger partial charge in [0.2, 0.25) is 0 Å². The molecule has 2 aromatic rings. The molecule has 2 rings (SSSR count). The molecule has 1 aromatic carbocycles. The Morgan fingerprint density at radius 3 is 2.84 bits per heavy atom.